The van der Waals surface area contributed by atoms with Crippen molar-refractivity contribution in [2.24, 2.45) is 0 Å². The van der Waals surface area contributed by atoms with Crippen LogP contribution in [-0.2, 0) is 6.54 Å². The number of nitrogen functional groups attached to an aromatic ring is 1. The number of benzene rings is 1. The number of anilines is 2. The topological polar surface area (TPSA) is 76.1 Å². The van der Waals surface area contributed by atoms with Gasteiger partial charge in [0.05, 0.1) is 5.69 Å². The first kappa shape index (κ1) is 20.9. The van der Waals surface area contributed by atoms with E-state index in [1.54, 1.807) is 12.1 Å². The predicted octanol–water partition coefficient (Wildman–Crippen LogP) is 3.54. The van der Waals surface area contributed by atoms with Crippen LogP contribution in [0.4, 0.5) is 16.0 Å². The van der Waals surface area contributed by atoms with Gasteiger partial charge in [0.1, 0.15) is 29.6 Å². The Morgan fingerprint density at radius 1 is 1.00 bits per heavy atom. The summed E-state index contributed by atoms with van der Waals surface area (Å²) >= 11 is 0. The van der Waals surface area contributed by atoms with Gasteiger partial charge in [0, 0.05) is 49.9 Å². The number of piperidine rings is 1. The molecular formula is C24H30FN7. The minimum absolute atomic E-state index is 0.229. The van der Waals surface area contributed by atoms with Gasteiger partial charge in [0.2, 0.25) is 0 Å². The quantitative estimate of drug-likeness (QED) is 0.638. The third kappa shape index (κ3) is 4.60. The first-order valence-electron chi connectivity index (χ1n) is 11.5. The highest BCUT2D eigenvalue weighted by atomic mass is 19.1. The van der Waals surface area contributed by atoms with Crippen molar-refractivity contribution in [3.05, 3.63) is 54.5 Å². The van der Waals surface area contributed by atoms with Crippen LogP contribution in [0.2, 0.25) is 0 Å². The van der Waals surface area contributed by atoms with E-state index >= 15 is 0 Å². The maximum atomic E-state index is 13.8. The molecule has 0 atom stereocenters. The highest BCUT2D eigenvalue weighted by Crippen LogP contribution is 2.32. The minimum atomic E-state index is -0.229. The third-order valence-corrected chi connectivity index (χ3v) is 6.64. The maximum absolute atomic E-state index is 13.8. The summed E-state index contributed by atoms with van der Waals surface area (Å²) in [5, 5.41) is 0. The van der Waals surface area contributed by atoms with E-state index in [4.69, 9.17) is 10.7 Å². The molecule has 0 radical (unpaired) electrons. The molecule has 0 spiro atoms. The van der Waals surface area contributed by atoms with E-state index in [9.17, 15) is 4.39 Å². The molecule has 32 heavy (non-hydrogen) atoms. The minimum Gasteiger partial charge on any atom is -0.384 e. The van der Waals surface area contributed by atoms with Crippen LogP contribution in [-0.4, -0.2) is 57.1 Å². The summed E-state index contributed by atoms with van der Waals surface area (Å²) in [6.07, 6.45) is 8.19. The fourth-order valence-corrected chi connectivity index (χ4v) is 4.88. The van der Waals surface area contributed by atoms with Gasteiger partial charge in [-0.05, 0) is 50.9 Å². The van der Waals surface area contributed by atoms with E-state index < -0.39 is 0 Å². The Kier molecular flexibility index (Phi) is 6.03. The lowest BCUT2D eigenvalue weighted by Gasteiger charge is -2.32. The van der Waals surface area contributed by atoms with Crippen LogP contribution in [0.15, 0.2) is 42.9 Å². The van der Waals surface area contributed by atoms with Crippen molar-refractivity contribution in [3.8, 4) is 11.3 Å². The number of hydrogen-bond donors (Lipinski definition) is 1. The average Bonchev–Trinajstić information content (AvgIpc) is 3.48. The second-order valence-corrected chi connectivity index (χ2v) is 8.80. The summed E-state index contributed by atoms with van der Waals surface area (Å²) in [7, 11) is 0. The molecule has 0 amide bonds. The zero-order chi connectivity index (χ0) is 21.9. The normalized spacial score (nSPS) is 17.8. The van der Waals surface area contributed by atoms with E-state index in [1.807, 2.05) is 12.1 Å². The van der Waals surface area contributed by atoms with Gasteiger partial charge in [-0.3, -0.25) is 0 Å². The number of halogens is 1. The summed E-state index contributed by atoms with van der Waals surface area (Å²) in [5.74, 6) is 2.63. The summed E-state index contributed by atoms with van der Waals surface area (Å²) in [4.78, 5) is 18.2. The van der Waals surface area contributed by atoms with Crippen LogP contribution < -0.4 is 10.6 Å². The monoisotopic (exact) mass is 435 g/mol. The number of rotatable bonds is 6. The summed E-state index contributed by atoms with van der Waals surface area (Å²) in [6, 6.07) is 8.56. The maximum Gasteiger partial charge on any atom is 0.134 e. The standard InChI is InChI=1S/C24H30FN7/c25-20-5-3-4-19(14-20)21-16-32(13-12-30-8-1-2-9-30)24(29-21)18-6-10-31(11-7-18)23-15-22(26)27-17-28-23/h3-5,14-18H,1-2,6-13H2,(H2,26,27,28). The van der Waals surface area contributed by atoms with E-state index in [0.29, 0.717) is 11.7 Å². The summed E-state index contributed by atoms with van der Waals surface area (Å²) in [5.41, 5.74) is 7.52. The molecule has 168 valence electrons. The lowest BCUT2D eigenvalue weighted by molar-refractivity contribution is 0.317. The van der Waals surface area contributed by atoms with Gasteiger partial charge in [-0.1, -0.05) is 12.1 Å². The van der Waals surface area contributed by atoms with Crippen LogP contribution in [0.5, 0.6) is 0 Å². The molecule has 7 nitrogen and oxygen atoms in total. The van der Waals surface area contributed by atoms with E-state index in [0.717, 1.165) is 61.9 Å². The lowest BCUT2D eigenvalue weighted by Crippen LogP contribution is -2.34. The van der Waals surface area contributed by atoms with Crippen LogP contribution in [0.3, 0.4) is 0 Å². The molecule has 0 aliphatic carbocycles. The van der Waals surface area contributed by atoms with Gasteiger partial charge in [-0.15, -0.1) is 0 Å². The number of nitrogens with zero attached hydrogens (tertiary/aromatic N) is 6. The fourth-order valence-electron chi connectivity index (χ4n) is 4.88. The van der Waals surface area contributed by atoms with Gasteiger partial charge in [0.15, 0.2) is 0 Å². The van der Waals surface area contributed by atoms with Gasteiger partial charge < -0.3 is 20.1 Å². The van der Waals surface area contributed by atoms with Crippen molar-refractivity contribution >= 4 is 11.6 Å². The Hall–Kier alpha value is -3.00. The first-order chi connectivity index (χ1) is 15.7. The Labute approximate surface area is 188 Å². The van der Waals surface area contributed by atoms with Crippen LogP contribution >= 0.6 is 0 Å². The van der Waals surface area contributed by atoms with Gasteiger partial charge in [-0.25, -0.2) is 19.3 Å². The van der Waals surface area contributed by atoms with E-state index in [-0.39, 0.29) is 5.82 Å². The number of likely N-dealkylation sites (tertiary alicyclic amines) is 1. The molecule has 0 saturated carbocycles. The molecular weight excluding hydrogens is 405 g/mol. The van der Waals surface area contributed by atoms with Gasteiger partial charge in [0.25, 0.3) is 0 Å². The number of nitrogens with two attached hydrogens (primary N) is 1. The van der Waals surface area contributed by atoms with Crippen molar-refractivity contribution in [2.75, 3.05) is 43.4 Å². The van der Waals surface area contributed by atoms with Crippen LogP contribution in [0.25, 0.3) is 11.3 Å². The van der Waals surface area contributed by atoms with Crippen LogP contribution in [0, 0.1) is 5.82 Å². The first-order valence-corrected chi connectivity index (χ1v) is 11.5. The molecule has 8 heteroatoms. The van der Waals surface area contributed by atoms with Crippen molar-refractivity contribution in [3.63, 3.8) is 0 Å². The second-order valence-electron chi connectivity index (χ2n) is 8.80. The Bertz CT molecular complexity index is 1050. The molecule has 2 fully saturated rings. The van der Waals surface area contributed by atoms with E-state index in [1.165, 1.54) is 38.3 Å². The largest absolute Gasteiger partial charge is 0.384 e. The Morgan fingerprint density at radius 3 is 2.56 bits per heavy atom. The molecule has 0 bridgehead atoms. The zero-order valence-electron chi connectivity index (χ0n) is 18.3. The smallest absolute Gasteiger partial charge is 0.134 e. The highest BCUT2D eigenvalue weighted by molar-refractivity contribution is 5.58. The zero-order valence-corrected chi connectivity index (χ0v) is 18.3. The molecule has 2 N–H and O–H groups in total. The molecule has 2 aliphatic rings. The Morgan fingerprint density at radius 2 is 1.81 bits per heavy atom. The predicted molar refractivity (Wildman–Crippen MR) is 124 cm³/mol. The van der Waals surface area contributed by atoms with Gasteiger partial charge >= 0.3 is 0 Å². The van der Waals surface area contributed by atoms with Crippen LogP contribution in [0.1, 0.15) is 37.4 Å². The highest BCUT2D eigenvalue weighted by Gasteiger charge is 2.26. The van der Waals surface area contributed by atoms with Crippen molar-refractivity contribution in [2.45, 2.75) is 38.1 Å². The molecule has 5 rings (SSSR count). The average molecular weight is 436 g/mol. The van der Waals surface area contributed by atoms with Gasteiger partial charge in [-0.2, -0.15) is 0 Å². The molecule has 0 unspecified atom stereocenters. The number of imidazole rings is 1. The summed E-state index contributed by atoms with van der Waals surface area (Å²) < 4.78 is 16.1. The van der Waals surface area contributed by atoms with E-state index in [2.05, 4.69) is 30.5 Å². The fraction of sp³-hybridized carbons (Fsp3) is 0.458. The van der Waals surface area contributed by atoms with Crippen molar-refractivity contribution in [1.29, 1.82) is 0 Å². The third-order valence-electron chi connectivity index (χ3n) is 6.64. The molecule has 2 saturated heterocycles. The number of hydrogen-bond acceptors (Lipinski definition) is 6. The number of aromatic nitrogens is 4. The van der Waals surface area contributed by atoms with Crippen molar-refractivity contribution < 1.29 is 4.39 Å². The Balaban J connectivity index is 1.35. The lowest BCUT2D eigenvalue weighted by atomic mass is 9.96. The molecule has 2 aliphatic heterocycles. The SMILES string of the molecule is Nc1cc(N2CCC(c3nc(-c4cccc(F)c4)cn3CCN3CCCC3)CC2)ncn1. The molecule has 1 aromatic carbocycles. The summed E-state index contributed by atoms with van der Waals surface area (Å²) in [6.45, 7) is 6.11. The molecule has 4 heterocycles. The second kappa shape index (κ2) is 9.24. The molecule has 2 aromatic heterocycles. The van der Waals surface area contributed by atoms with Crippen molar-refractivity contribution in [1.82, 2.24) is 24.4 Å². The molecule has 3 aromatic rings.